The van der Waals surface area contributed by atoms with E-state index in [0.717, 1.165) is 36.3 Å². The Hall–Kier alpha value is -3.54. The van der Waals surface area contributed by atoms with Crippen molar-refractivity contribution in [2.75, 3.05) is 11.4 Å². The smallest absolute Gasteiger partial charge is 0.261 e. The zero-order chi connectivity index (χ0) is 21.1. The number of hydrogen-bond acceptors (Lipinski definition) is 4. The van der Waals surface area contributed by atoms with Crippen molar-refractivity contribution < 1.29 is 14.0 Å². The van der Waals surface area contributed by atoms with Crippen LogP contribution in [0.4, 0.5) is 15.8 Å². The number of hydrogen-bond donors (Lipinski definition) is 0. The number of carbonyl (C=O) groups is 2. The molecule has 6 heteroatoms. The third kappa shape index (κ3) is 3.81. The predicted molar refractivity (Wildman–Crippen MR) is 113 cm³/mol. The molecule has 3 aromatic rings. The van der Waals surface area contributed by atoms with Crippen molar-refractivity contribution in [3.8, 4) is 0 Å². The van der Waals surface area contributed by atoms with E-state index < -0.39 is 0 Å². The van der Waals surface area contributed by atoms with Crippen LogP contribution in [-0.4, -0.2) is 28.2 Å². The number of benzene rings is 2. The summed E-state index contributed by atoms with van der Waals surface area (Å²) in [5, 5.41) is 0. The van der Waals surface area contributed by atoms with E-state index in [4.69, 9.17) is 0 Å². The first-order chi connectivity index (χ1) is 14.6. The summed E-state index contributed by atoms with van der Waals surface area (Å²) in [6, 6.07) is 15.2. The highest BCUT2D eigenvalue weighted by Gasteiger charge is 2.36. The lowest BCUT2D eigenvalue weighted by molar-refractivity contribution is 0.0642. The Labute approximate surface area is 174 Å². The third-order valence-corrected chi connectivity index (χ3v) is 5.20. The van der Waals surface area contributed by atoms with Crippen LogP contribution in [0.25, 0.3) is 0 Å². The van der Waals surface area contributed by atoms with E-state index in [9.17, 15) is 14.0 Å². The minimum Gasteiger partial charge on any atom is -0.341 e. The summed E-state index contributed by atoms with van der Waals surface area (Å²) in [6.45, 7) is 3.01. The van der Waals surface area contributed by atoms with Crippen molar-refractivity contribution in [1.82, 2.24) is 9.88 Å². The second kappa shape index (κ2) is 8.45. The van der Waals surface area contributed by atoms with Gasteiger partial charge in [0.25, 0.3) is 11.8 Å². The summed E-state index contributed by atoms with van der Waals surface area (Å²) in [6.07, 6.45) is 5.24. The minimum absolute atomic E-state index is 0.188. The van der Waals surface area contributed by atoms with Crippen molar-refractivity contribution in [3.63, 3.8) is 0 Å². The van der Waals surface area contributed by atoms with Crippen LogP contribution in [0.15, 0.2) is 67.0 Å². The number of anilines is 2. The number of aromatic nitrogens is 1. The quantitative estimate of drug-likeness (QED) is 0.524. The zero-order valence-corrected chi connectivity index (χ0v) is 16.7. The number of fused-ring (bicyclic) bond motifs is 1. The van der Waals surface area contributed by atoms with Gasteiger partial charge in [-0.3, -0.25) is 19.5 Å². The molecule has 30 heavy (non-hydrogen) atoms. The van der Waals surface area contributed by atoms with Crippen LogP contribution in [0.2, 0.25) is 0 Å². The SMILES string of the molecule is CCCCN(c1ccc(F)cc1)c1ccc2c(c1)C(=O)N(Cc1cccnc1)C2=O. The molecular formula is C24H22FN3O2. The molecular weight excluding hydrogens is 381 g/mol. The van der Waals surface area contributed by atoms with Gasteiger partial charge in [-0.15, -0.1) is 0 Å². The van der Waals surface area contributed by atoms with Gasteiger partial charge in [0.15, 0.2) is 0 Å². The Balaban J connectivity index is 1.65. The summed E-state index contributed by atoms with van der Waals surface area (Å²) in [7, 11) is 0. The first-order valence-corrected chi connectivity index (χ1v) is 10.0. The standard InChI is InChI=1S/C24H22FN3O2/c1-2-3-13-27(19-8-6-18(25)7-9-19)20-10-11-21-22(14-20)24(30)28(23(21)29)16-17-5-4-12-26-15-17/h4-12,14-15H,2-3,13,16H2,1H3. The lowest BCUT2D eigenvalue weighted by Crippen LogP contribution is -2.29. The van der Waals surface area contributed by atoms with Crippen molar-refractivity contribution in [3.05, 3.63) is 89.5 Å². The highest BCUT2D eigenvalue weighted by Crippen LogP contribution is 2.32. The van der Waals surface area contributed by atoms with Gasteiger partial charge in [0.2, 0.25) is 0 Å². The van der Waals surface area contributed by atoms with E-state index in [0.29, 0.717) is 11.1 Å². The molecule has 0 atom stereocenters. The van der Waals surface area contributed by atoms with Crippen LogP contribution in [0.3, 0.4) is 0 Å². The molecule has 1 aliphatic heterocycles. The van der Waals surface area contributed by atoms with Crippen LogP contribution < -0.4 is 4.90 Å². The van der Waals surface area contributed by atoms with Gasteiger partial charge < -0.3 is 4.90 Å². The molecule has 5 nitrogen and oxygen atoms in total. The first-order valence-electron chi connectivity index (χ1n) is 10.0. The molecule has 0 saturated heterocycles. The van der Waals surface area contributed by atoms with Gasteiger partial charge in [0, 0.05) is 30.3 Å². The molecule has 2 amide bonds. The number of pyridine rings is 1. The van der Waals surface area contributed by atoms with Crippen molar-refractivity contribution in [1.29, 1.82) is 0 Å². The summed E-state index contributed by atoms with van der Waals surface area (Å²) in [5.41, 5.74) is 3.24. The lowest BCUT2D eigenvalue weighted by atomic mass is 10.1. The molecule has 152 valence electrons. The average Bonchev–Trinajstić information content (AvgIpc) is 3.00. The van der Waals surface area contributed by atoms with Crippen molar-refractivity contribution in [2.24, 2.45) is 0 Å². The van der Waals surface area contributed by atoms with Crippen molar-refractivity contribution in [2.45, 2.75) is 26.3 Å². The minimum atomic E-state index is -0.310. The number of rotatable bonds is 7. The molecule has 2 aromatic carbocycles. The second-order valence-corrected chi connectivity index (χ2v) is 7.27. The van der Waals surface area contributed by atoms with Crippen LogP contribution in [0, 0.1) is 5.82 Å². The highest BCUT2D eigenvalue weighted by molar-refractivity contribution is 6.21. The first kappa shape index (κ1) is 19.8. The van der Waals surface area contributed by atoms with Gasteiger partial charge in [-0.25, -0.2) is 4.39 Å². The van der Waals surface area contributed by atoms with Gasteiger partial charge in [-0.1, -0.05) is 19.4 Å². The summed E-state index contributed by atoms with van der Waals surface area (Å²) in [4.78, 5) is 33.1. The second-order valence-electron chi connectivity index (χ2n) is 7.27. The topological polar surface area (TPSA) is 53.5 Å². The molecule has 0 spiro atoms. The number of unbranched alkanes of at least 4 members (excludes halogenated alkanes) is 1. The molecule has 0 radical (unpaired) electrons. The molecule has 0 N–H and O–H groups in total. The van der Waals surface area contributed by atoms with E-state index in [2.05, 4.69) is 11.9 Å². The number of nitrogens with zero attached hydrogens (tertiary/aromatic N) is 3. The number of halogens is 1. The Kier molecular flexibility index (Phi) is 5.57. The van der Waals surface area contributed by atoms with Gasteiger partial charge in [-0.2, -0.15) is 0 Å². The molecule has 4 rings (SSSR count). The summed E-state index contributed by atoms with van der Waals surface area (Å²) < 4.78 is 13.4. The molecule has 0 bridgehead atoms. The fourth-order valence-electron chi connectivity index (χ4n) is 3.61. The van der Waals surface area contributed by atoms with Crippen molar-refractivity contribution >= 4 is 23.2 Å². The lowest BCUT2D eigenvalue weighted by Gasteiger charge is -2.25. The van der Waals surface area contributed by atoms with Gasteiger partial charge >= 0.3 is 0 Å². The Morgan fingerprint density at radius 3 is 2.40 bits per heavy atom. The average molecular weight is 403 g/mol. The normalized spacial score (nSPS) is 12.9. The Morgan fingerprint density at radius 2 is 1.70 bits per heavy atom. The number of imide groups is 1. The van der Waals surface area contributed by atoms with Gasteiger partial charge in [0.1, 0.15) is 5.82 Å². The molecule has 0 saturated carbocycles. The fourth-order valence-corrected chi connectivity index (χ4v) is 3.61. The van der Waals surface area contributed by atoms with Gasteiger partial charge in [-0.05, 0) is 60.5 Å². The van der Waals surface area contributed by atoms with E-state index in [-0.39, 0.29) is 24.2 Å². The zero-order valence-electron chi connectivity index (χ0n) is 16.7. The largest absolute Gasteiger partial charge is 0.341 e. The van der Waals surface area contributed by atoms with Crippen LogP contribution >= 0.6 is 0 Å². The third-order valence-electron chi connectivity index (χ3n) is 5.20. The van der Waals surface area contributed by atoms with Gasteiger partial charge in [0.05, 0.1) is 17.7 Å². The van der Waals surface area contributed by atoms with E-state index in [1.54, 1.807) is 42.7 Å². The number of amides is 2. The Morgan fingerprint density at radius 1 is 0.967 bits per heavy atom. The maximum absolute atomic E-state index is 13.4. The molecule has 1 aliphatic rings. The summed E-state index contributed by atoms with van der Waals surface area (Å²) >= 11 is 0. The summed E-state index contributed by atoms with van der Waals surface area (Å²) in [5.74, 6) is -0.905. The van der Waals surface area contributed by atoms with Crippen LogP contribution in [-0.2, 0) is 6.54 Å². The molecule has 2 heterocycles. The highest BCUT2D eigenvalue weighted by atomic mass is 19.1. The van der Waals surface area contributed by atoms with E-state index in [1.807, 2.05) is 17.0 Å². The number of carbonyl (C=O) groups excluding carboxylic acids is 2. The van der Waals surface area contributed by atoms with Crippen LogP contribution in [0.5, 0.6) is 0 Å². The maximum Gasteiger partial charge on any atom is 0.261 e. The maximum atomic E-state index is 13.4. The van der Waals surface area contributed by atoms with Crippen LogP contribution in [0.1, 0.15) is 46.0 Å². The monoisotopic (exact) mass is 403 g/mol. The molecule has 0 aliphatic carbocycles. The Bertz CT molecular complexity index is 1070. The van der Waals surface area contributed by atoms with E-state index >= 15 is 0 Å². The molecule has 1 aromatic heterocycles. The molecule has 0 fully saturated rings. The predicted octanol–water partition coefficient (Wildman–Crippen LogP) is 4.96. The molecule has 0 unspecified atom stereocenters. The fraction of sp³-hybridized carbons (Fsp3) is 0.208. The van der Waals surface area contributed by atoms with E-state index in [1.165, 1.54) is 17.0 Å².